The van der Waals surface area contributed by atoms with Gasteiger partial charge in [0.2, 0.25) is 0 Å². The van der Waals surface area contributed by atoms with Crippen LogP contribution in [0, 0.1) is 0 Å². The van der Waals surface area contributed by atoms with Crippen LogP contribution in [0.3, 0.4) is 0 Å². The zero-order valence-electron chi connectivity index (χ0n) is 11.8. The molecule has 3 heteroatoms. The molecule has 0 rings (SSSR count). The molecule has 0 bridgehead atoms. The van der Waals surface area contributed by atoms with Crippen LogP contribution in [-0.2, 0) is 9.47 Å². The van der Waals surface area contributed by atoms with Crippen molar-refractivity contribution in [3.63, 3.8) is 0 Å². The lowest BCUT2D eigenvalue weighted by atomic mass is 10.1. The van der Waals surface area contributed by atoms with Gasteiger partial charge in [0.1, 0.15) is 6.79 Å². The molecule has 0 spiro atoms. The quantitative estimate of drug-likeness (QED) is 0.139. The molecule has 0 aliphatic heterocycles. The van der Waals surface area contributed by atoms with Crippen molar-refractivity contribution >= 4 is 22.6 Å². The van der Waals surface area contributed by atoms with Gasteiger partial charge in [-0.1, -0.05) is 73.8 Å². The number of ether oxygens (including phenoxy) is 2. The van der Waals surface area contributed by atoms with Crippen molar-refractivity contribution in [3.05, 3.63) is 12.2 Å². The van der Waals surface area contributed by atoms with Gasteiger partial charge in [-0.15, -0.1) is 0 Å². The van der Waals surface area contributed by atoms with Crippen molar-refractivity contribution in [1.82, 2.24) is 0 Å². The Kier molecular flexibility index (Phi) is 17.8. The second-order valence-corrected chi connectivity index (χ2v) is 5.52. The molecule has 0 atom stereocenters. The molecule has 0 saturated heterocycles. The molecule has 0 N–H and O–H groups in total. The Balaban J connectivity index is 2.94. The molecular formula is C15H29IO2. The van der Waals surface area contributed by atoms with Crippen molar-refractivity contribution in [3.8, 4) is 0 Å². The highest BCUT2D eigenvalue weighted by molar-refractivity contribution is 14.1. The maximum atomic E-state index is 5.42. The van der Waals surface area contributed by atoms with E-state index in [1.165, 1.54) is 43.0 Å². The summed E-state index contributed by atoms with van der Waals surface area (Å²) in [6.07, 6.45) is 14.4. The molecule has 0 fully saturated rings. The summed E-state index contributed by atoms with van der Waals surface area (Å²) in [6.45, 7) is 4.32. The van der Waals surface area contributed by atoms with Crippen molar-refractivity contribution in [2.45, 2.75) is 58.3 Å². The second-order valence-electron chi connectivity index (χ2n) is 4.44. The molecule has 0 aliphatic carbocycles. The van der Waals surface area contributed by atoms with Gasteiger partial charge in [-0.05, 0) is 19.3 Å². The Hall–Kier alpha value is 0.390. The van der Waals surface area contributed by atoms with E-state index in [0.717, 1.165) is 26.1 Å². The Morgan fingerprint density at radius 2 is 1.50 bits per heavy atom. The van der Waals surface area contributed by atoms with Crippen molar-refractivity contribution in [2.24, 2.45) is 0 Å². The van der Waals surface area contributed by atoms with E-state index in [-0.39, 0.29) is 0 Å². The van der Waals surface area contributed by atoms with Gasteiger partial charge in [-0.2, -0.15) is 0 Å². The standard InChI is InChI=1S/C15H29IO2/c1-2-3-4-5-7-10-13-17-15-18-14-11-8-6-9-12-16/h6,8H,2-5,7,9-15H2,1H3/b8-6-. The van der Waals surface area contributed by atoms with E-state index in [2.05, 4.69) is 41.7 Å². The summed E-state index contributed by atoms with van der Waals surface area (Å²) in [6, 6.07) is 0. The predicted octanol–water partition coefficient (Wildman–Crippen LogP) is 5.11. The van der Waals surface area contributed by atoms with Gasteiger partial charge in [-0.25, -0.2) is 0 Å². The van der Waals surface area contributed by atoms with Gasteiger partial charge in [0, 0.05) is 11.0 Å². The minimum Gasteiger partial charge on any atom is -0.355 e. The largest absolute Gasteiger partial charge is 0.355 e. The number of allylic oxidation sites excluding steroid dienone is 1. The molecule has 108 valence electrons. The van der Waals surface area contributed by atoms with E-state index in [1.807, 2.05) is 0 Å². The minimum absolute atomic E-state index is 0.453. The number of hydrogen-bond acceptors (Lipinski definition) is 2. The molecule has 0 unspecified atom stereocenters. The highest BCUT2D eigenvalue weighted by Crippen LogP contribution is 2.04. The first-order valence-electron chi connectivity index (χ1n) is 7.28. The Morgan fingerprint density at radius 3 is 2.28 bits per heavy atom. The van der Waals surface area contributed by atoms with Crippen LogP contribution in [0.5, 0.6) is 0 Å². The molecule has 2 nitrogen and oxygen atoms in total. The van der Waals surface area contributed by atoms with E-state index >= 15 is 0 Å². The third kappa shape index (κ3) is 16.4. The van der Waals surface area contributed by atoms with E-state index in [0.29, 0.717) is 6.79 Å². The molecule has 0 aromatic carbocycles. The van der Waals surface area contributed by atoms with Crippen molar-refractivity contribution in [2.75, 3.05) is 24.4 Å². The molecular weight excluding hydrogens is 339 g/mol. The van der Waals surface area contributed by atoms with Gasteiger partial charge in [0.05, 0.1) is 6.61 Å². The summed E-state index contributed by atoms with van der Waals surface area (Å²) in [4.78, 5) is 0. The zero-order chi connectivity index (χ0) is 13.3. The summed E-state index contributed by atoms with van der Waals surface area (Å²) >= 11 is 2.38. The van der Waals surface area contributed by atoms with Crippen LogP contribution in [0.4, 0.5) is 0 Å². The average molecular weight is 368 g/mol. The fourth-order valence-electron chi connectivity index (χ4n) is 1.61. The number of unbranched alkanes of at least 4 members (excludes halogenated alkanes) is 5. The Labute approximate surface area is 127 Å². The monoisotopic (exact) mass is 368 g/mol. The summed E-state index contributed by atoms with van der Waals surface area (Å²) in [5.41, 5.74) is 0. The molecule has 0 radical (unpaired) electrons. The van der Waals surface area contributed by atoms with Gasteiger partial charge < -0.3 is 9.47 Å². The van der Waals surface area contributed by atoms with E-state index in [4.69, 9.17) is 9.47 Å². The fraction of sp³-hybridized carbons (Fsp3) is 0.867. The molecule has 0 saturated carbocycles. The highest BCUT2D eigenvalue weighted by atomic mass is 127. The zero-order valence-corrected chi connectivity index (χ0v) is 14.0. The molecule has 0 aromatic heterocycles. The van der Waals surface area contributed by atoms with Gasteiger partial charge in [-0.3, -0.25) is 0 Å². The SMILES string of the molecule is CCCCCCCCOCOCC/C=C\CCI. The second kappa shape index (κ2) is 17.4. The molecule has 0 aliphatic rings. The summed E-state index contributed by atoms with van der Waals surface area (Å²) in [5.74, 6) is 0. The summed E-state index contributed by atoms with van der Waals surface area (Å²) < 4.78 is 12.0. The van der Waals surface area contributed by atoms with Crippen LogP contribution in [0.15, 0.2) is 12.2 Å². The predicted molar refractivity (Wildman–Crippen MR) is 87.4 cm³/mol. The van der Waals surface area contributed by atoms with E-state index in [9.17, 15) is 0 Å². The lowest BCUT2D eigenvalue weighted by Gasteiger charge is -2.04. The summed E-state index contributed by atoms with van der Waals surface area (Å²) in [5, 5.41) is 0. The lowest BCUT2D eigenvalue weighted by molar-refractivity contribution is -0.0531. The molecule has 18 heavy (non-hydrogen) atoms. The van der Waals surface area contributed by atoms with E-state index in [1.54, 1.807) is 0 Å². The smallest absolute Gasteiger partial charge is 0.146 e. The number of halogens is 1. The molecule has 0 aromatic rings. The van der Waals surface area contributed by atoms with Crippen molar-refractivity contribution < 1.29 is 9.47 Å². The summed E-state index contributed by atoms with van der Waals surface area (Å²) in [7, 11) is 0. The normalized spacial score (nSPS) is 11.4. The maximum Gasteiger partial charge on any atom is 0.146 e. The Morgan fingerprint density at radius 1 is 0.833 bits per heavy atom. The van der Waals surface area contributed by atoms with Gasteiger partial charge >= 0.3 is 0 Å². The van der Waals surface area contributed by atoms with Gasteiger partial charge in [0.15, 0.2) is 0 Å². The minimum atomic E-state index is 0.453. The van der Waals surface area contributed by atoms with Crippen LogP contribution in [-0.4, -0.2) is 24.4 Å². The number of rotatable bonds is 14. The molecule has 0 heterocycles. The van der Waals surface area contributed by atoms with Crippen molar-refractivity contribution in [1.29, 1.82) is 0 Å². The fourth-order valence-corrected chi connectivity index (χ4v) is 1.97. The third-order valence-corrected chi connectivity index (χ3v) is 3.30. The van der Waals surface area contributed by atoms with E-state index < -0.39 is 0 Å². The first-order chi connectivity index (χ1) is 8.91. The van der Waals surface area contributed by atoms with Crippen LogP contribution in [0.1, 0.15) is 58.3 Å². The maximum absolute atomic E-state index is 5.42. The number of hydrogen-bond donors (Lipinski definition) is 0. The molecule has 0 amide bonds. The lowest BCUT2D eigenvalue weighted by Crippen LogP contribution is -2.02. The topological polar surface area (TPSA) is 18.5 Å². The third-order valence-electron chi connectivity index (χ3n) is 2.68. The van der Waals surface area contributed by atoms with Gasteiger partial charge in [0.25, 0.3) is 0 Å². The van der Waals surface area contributed by atoms with Crippen LogP contribution in [0.25, 0.3) is 0 Å². The number of alkyl halides is 1. The highest BCUT2D eigenvalue weighted by Gasteiger charge is 1.91. The van der Waals surface area contributed by atoms with Crippen LogP contribution < -0.4 is 0 Å². The first kappa shape index (κ1) is 18.4. The first-order valence-corrected chi connectivity index (χ1v) is 8.80. The van der Waals surface area contributed by atoms with Crippen LogP contribution in [0.2, 0.25) is 0 Å². The van der Waals surface area contributed by atoms with Crippen LogP contribution >= 0.6 is 22.6 Å². The Bertz CT molecular complexity index is 172. The average Bonchev–Trinajstić information content (AvgIpc) is 2.39.